The molecule has 14 heteroatoms. The van der Waals surface area contributed by atoms with E-state index >= 15 is 0 Å². The fourth-order valence-electron chi connectivity index (χ4n) is 2.44. The van der Waals surface area contributed by atoms with Gasteiger partial charge in [-0.15, -0.1) is 0 Å². The van der Waals surface area contributed by atoms with Crippen LogP contribution in [0.1, 0.15) is 33.1 Å². The number of carbonyl (C=O) groups is 6. The Hall–Kier alpha value is -3.26. The molecule has 0 fully saturated rings. The molecule has 0 saturated heterocycles. The highest BCUT2D eigenvalue weighted by Crippen LogP contribution is 2.04. The number of primary amides is 2. The van der Waals surface area contributed by atoms with Crippen LogP contribution >= 0.6 is 0 Å². The first-order valence-electron chi connectivity index (χ1n) is 9.35. The van der Waals surface area contributed by atoms with Crippen molar-refractivity contribution < 1.29 is 39.0 Å². The zero-order valence-corrected chi connectivity index (χ0v) is 17.3. The Morgan fingerprint density at radius 3 is 1.61 bits per heavy atom. The lowest BCUT2D eigenvalue weighted by Gasteiger charge is -2.24. The van der Waals surface area contributed by atoms with Crippen LogP contribution in [0.4, 0.5) is 0 Å². The number of aliphatic hydroxyl groups is 1. The summed E-state index contributed by atoms with van der Waals surface area (Å²) in [4.78, 5) is 70.2. The number of hydrogen-bond acceptors (Lipinski definition) is 8. The molecule has 0 aliphatic carbocycles. The predicted molar refractivity (Wildman–Crippen MR) is 106 cm³/mol. The number of nitrogens with one attached hydrogen (secondary N) is 3. The van der Waals surface area contributed by atoms with Gasteiger partial charge in [-0.2, -0.15) is 0 Å². The van der Waals surface area contributed by atoms with Gasteiger partial charge < -0.3 is 43.4 Å². The van der Waals surface area contributed by atoms with E-state index in [2.05, 4.69) is 10.6 Å². The molecule has 0 spiro atoms. The molecule has 0 aliphatic rings. The molecule has 0 aliphatic heterocycles. The van der Waals surface area contributed by atoms with Gasteiger partial charge in [0.05, 0.1) is 25.5 Å². The number of rotatable bonds is 14. The van der Waals surface area contributed by atoms with E-state index in [1.807, 2.05) is 19.2 Å². The van der Waals surface area contributed by atoms with E-state index in [-0.39, 0.29) is 5.92 Å². The Balaban J connectivity index is 5.27. The molecule has 0 bridgehead atoms. The molecule has 31 heavy (non-hydrogen) atoms. The van der Waals surface area contributed by atoms with E-state index < -0.39 is 79.1 Å². The van der Waals surface area contributed by atoms with Crippen molar-refractivity contribution in [2.45, 2.75) is 57.3 Å². The van der Waals surface area contributed by atoms with E-state index in [9.17, 15) is 33.9 Å². The van der Waals surface area contributed by atoms with Crippen LogP contribution in [0.3, 0.4) is 0 Å². The van der Waals surface area contributed by atoms with Gasteiger partial charge in [-0.05, 0) is 12.3 Å². The Bertz CT molecular complexity index is 698. The maximum atomic E-state index is 12.5. The summed E-state index contributed by atoms with van der Waals surface area (Å²) in [5.41, 5.74) is 15.7. The van der Waals surface area contributed by atoms with Gasteiger partial charge in [-0.1, -0.05) is 13.8 Å². The Morgan fingerprint density at radius 2 is 1.19 bits per heavy atom. The van der Waals surface area contributed by atoms with Crippen molar-refractivity contribution in [2.75, 3.05) is 6.61 Å². The van der Waals surface area contributed by atoms with E-state index in [0.29, 0.717) is 6.42 Å². The Kier molecular flexibility index (Phi) is 11.7. The number of carboxylic acid groups (broad SMARTS) is 1. The van der Waals surface area contributed by atoms with Crippen LogP contribution in [0.5, 0.6) is 0 Å². The fourth-order valence-corrected chi connectivity index (χ4v) is 2.44. The minimum absolute atomic E-state index is 0.0780. The molecule has 0 radical (unpaired) electrons. The molecule has 14 nitrogen and oxygen atoms in total. The summed E-state index contributed by atoms with van der Waals surface area (Å²) in [6.45, 7) is 2.70. The van der Waals surface area contributed by atoms with Crippen LogP contribution in [-0.2, 0) is 28.8 Å². The molecule has 0 saturated carbocycles. The number of carboxylic acids is 1. The summed E-state index contributed by atoms with van der Waals surface area (Å²) < 4.78 is 0. The van der Waals surface area contributed by atoms with Crippen LogP contribution in [-0.4, -0.2) is 76.5 Å². The van der Waals surface area contributed by atoms with Gasteiger partial charge in [0, 0.05) is 0 Å². The molecule has 4 atom stereocenters. The topological polar surface area (TPSA) is 257 Å². The largest absolute Gasteiger partial charge is 0.480 e. The third-order valence-corrected chi connectivity index (χ3v) is 3.94. The van der Waals surface area contributed by atoms with Crippen LogP contribution in [0.2, 0.25) is 0 Å². The SMILES string of the molecule is CC(C)CC(N)C(=O)NC(CC(N)=O)C(=O)NC(CO)C(=O)NC(CC(N)=O)C(=O)O. The molecular formula is C17H30N6O8. The summed E-state index contributed by atoms with van der Waals surface area (Å²) in [5.74, 6) is -6.32. The second-order valence-corrected chi connectivity index (χ2v) is 7.28. The van der Waals surface area contributed by atoms with Crippen molar-refractivity contribution in [1.29, 1.82) is 0 Å². The predicted octanol–water partition coefficient (Wildman–Crippen LogP) is -4.36. The summed E-state index contributed by atoms with van der Waals surface area (Å²) in [7, 11) is 0. The first-order valence-corrected chi connectivity index (χ1v) is 9.35. The number of aliphatic carboxylic acids is 1. The minimum Gasteiger partial charge on any atom is -0.480 e. The van der Waals surface area contributed by atoms with Crippen LogP contribution in [0, 0.1) is 5.92 Å². The molecule has 4 unspecified atom stereocenters. The molecule has 11 N–H and O–H groups in total. The highest BCUT2D eigenvalue weighted by molar-refractivity contribution is 5.96. The average Bonchev–Trinajstić information content (AvgIpc) is 2.63. The zero-order chi connectivity index (χ0) is 24.3. The van der Waals surface area contributed by atoms with Gasteiger partial charge in [-0.3, -0.25) is 24.0 Å². The van der Waals surface area contributed by atoms with Crippen molar-refractivity contribution in [2.24, 2.45) is 23.1 Å². The highest BCUT2D eigenvalue weighted by Gasteiger charge is 2.31. The third-order valence-electron chi connectivity index (χ3n) is 3.94. The highest BCUT2D eigenvalue weighted by atomic mass is 16.4. The molecular weight excluding hydrogens is 416 g/mol. The molecule has 0 aromatic heterocycles. The van der Waals surface area contributed by atoms with Crippen molar-refractivity contribution in [3.63, 3.8) is 0 Å². The van der Waals surface area contributed by atoms with Crippen molar-refractivity contribution in [3.8, 4) is 0 Å². The van der Waals surface area contributed by atoms with Gasteiger partial charge in [0.15, 0.2) is 0 Å². The number of carbonyl (C=O) groups excluding carboxylic acids is 5. The van der Waals surface area contributed by atoms with E-state index in [4.69, 9.17) is 22.3 Å². The fraction of sp³-hybridized carbons (Fsp3) is 0.647. The Labute approximate surface area is 178 Å². The number of amides is 5. The molecule has 0 heterocycles. The summed E-state index contributed by atoms with van der Waals surface area (Å²) >= 11 is 0. The van der Waals surface area contributed by atoms with Crippen LogP contribution in [0.25, 0.3) is 0 Å². The molecule has 0 aromatic carbocycles. The molecule has 176 valence electrons. The standard InChI is InChI=1S/C17H30N6O8/c1-7(2)3-8(18)14(27)21-9(4-12(19)25)15(28)23-11(6-24)16(29)22-10(17(30)31)5-13(20)26/h7-11,24H,3-6,18H2,1-2H3,(H2,19,25)(H2,20,26)(H,21,27)(H,22,29)(H,23,28)(H,30,31). The van der Waals surface area contributed by atoms with E-state index in [0.717, 1.165) is 0 Å². The Morgan fingerprint density at radius 1 is 0.774 bits per heavy atom. The second-order valence-electron chi connectivity index (χ2n) is 7.28. The summed E-state index contributed by atoms with van der Waals surface area (Å²) in [5, 5.41) is 24.7. The monoisotopic (exact) mass is 446 g/mol. The quantitative estimate of drug-likeness (QED) is 0.128. The molecule has 0 aromatic rings. The summed E-state index contributed by atoms with van der Waals surface area (Å²) in [6.07, 6.45) is -1.04. The normalized spacial score (nSPS) is 14.6. The van der Waals surface area contributed by atoms with Crippen molar-refractivity contribution >= 4 is 35.5 Å². The van der Waals surface area contributed by atoms with Gasteiger partial charge in [0.2, 0.25) is 29.5 Å². The van der Waals surface area contributed by atoms with Gasteiger partial charge >= 0.3 is 5.97 Å². The van der Waals surface area contributed by atoms with Gasteiger partial charge in [-0.25, -0.2) is 4.79 Å². The van der Waals surface area contributed by atoms with Crippen LogP contribution < -0.4 is 33.2 Å². The maximum Gasteiger partial charge on any atom is 0.326 e. The lowest BCUT2D eigenvalue weighted by molar-refractivity contribution is -0.144. The van der Waals surface area contributed by atoms with Crippen molar-refractivity contribution in [1.82, 2.24) is 16.0 Å². The van der Waals surface area contributed by atoms with Gasteiger partial charge in [0.25, 0.3) is 0 Å². The lowest BCUT2D eigenvalue weighted by atomic mass is 10.0. The summed E-state index contributed by atoms with van der Waals surface area (Å²) in [6, 6.07) is -5.80. The minimum atomic E-state index is -1.69. The molecule has 5 amide bonds. The van der Waals surface area contributed by atoms with E-state index in [1.165, 1.54) is 0 Å². The number of aliphatic hydroxyl groups excluding tert-OH is 1. The second kappa shape index (κ2) is 13.1. The zero-order valence-electron chi connectivity index (χ0n) is 17.3. The lowest BCUT2D eigenvalue weighted by Crippen LogP contribution is -2.58. The molecule has 0 rings (SSSR count). The first kappa shape index (κ1) is 27.7. The van der Waals surface area contributed by atoms with Crippen LogP contribution in [0.15, 0.2) is 0 Å². The van der Waals surface area contributed by atoms with E-state index in [1.54, 1.807) is 0 Å². The maximum absolute atomic E-state index is 12.5. The smallest absolute Gasteiger partial charge is 0.326 e. The third kappa shape index (κ3) is 10.9. The number of nitrogens with two attached hydrogens (primary N) is 3. The number of hydrogen-bond donors (Lipinski definition) is 8. The average molecular weight is 446 g/mol. The van der Waals surface area contributed by atoms with Gasteiger partial charge in [0.1, 0.15) is 18.1 Å². The van der Waals surface area contributed by atoms with Crippen molar-refractivity contribution in [3.05, 3.63) is 0 Å². The first-order chi connectivity index (χ1) is 14.3.